The number of rotatable bonds is 2. The summed E-state index contributed by atoms with van der Waals surface area (Å²) in [5.41, 5.74) is 8.20. The Morgan fingerprint density at radius 2 is 1.81 bits per heavy atom. The van der Waals surface area contributed by atoms with Crippen molar-refractivity contribution in [1.82, 2.24) is 5.16 Å². The molecule has 3 nitrogen and oxygen atoms in total. The molecule has 3 rings (SSSR count). The molecule has 2 N–H and O–H groups in total. The fourth-order valence-corrected chi connectivity index (χ4v) is 3.18. The Hall–Kier alpha value is -1.49. The summed E-state index contributed by atoms with van der Waals surface area (Å²) in [4.78, 5) is 0. The Morgan fingerprint density at radius 3 is 2.52 bits per heavy atom. The fourth-order valence-electron chi connectivity index (χ4n) is 2.08. The van der Waals surface area contributed by atoms with Gasteiger partial charge in [-0.25, -0.2) is 0 Å². The molecule has 0 atom stereocenters. The summed E-state index contributed by atoms with van der Waals surface area (Å²) in [6.07, 6.45) is 0. The number of halogens is 3. The summed E-state index contributed by atoms with van der Waals surface area (Å²) < 4.78 is 6.20. The van der Waals surface area contributed by atoms with Crippen LogP contribution in [0.5, 0.6) is 0 Å². The second kappa shape index (κ2) is 5.72. The van der Waals surface area contributed by atoms with Gasteiger partial charge in [0.15, 0.2) is 11.6 Å². The average Bonchev–Trinajstić information content (AvgIpc) is 2.81. The molecule has 106 valence electrons. The molecule has 0 bridgehead atoms. The molecule has 0 aliphatic carbocycles. The molecule has 1 heterocycles. The number of hydrogen-bond acceptors (Lipinski definition) is 3. The molecule has 0 saturated carbocycles. The van der Waals surface area contributed by atoms with Gasteiger partial charge >= 0.3 is 0 Å². The maximum atomic E-state index is 6.25. The van der Waals surface area contributed by atoms with Gasteiger partial charge in [0.05, 0.1) is 5.56 Å². The summed E-state index contributed by atoms with van der Waals surface area (Å²) in [6.45, 7) is 0. The first-order valence-electron chi connectivity index (χ1n) is 6.03. The lowest BCUT2D eigenvalue weighted by molar-refractivity contribution is 0.436. The van der Waals surface area contributed by atoms with Crippen LogP contribution in [0.2, 0.25) is 10.0 Å². The maximum absolute atomic E-state index is 6.25. The zero-order chi connectivity index (χ0) is 15.0. The molecule has 6 heteroatoms. The summed E-state index contributed by atoms with van der Waals surface area (Å²) in [7, 11) is 0. The van der Waals surface area contributed by atoms with E-state index in [-0.39, 0.29) is 0 Å². The molecule has 0 saturated heterocycles. The predicted molar refractivity (Wildman–Crippen MR) is 89.5 cm³/mol. The molecular formula is C15H9BrCl2N2O. The Kier molecular flexibility index (Phi) is 3.93. The Labute approximate surface area is 139 Å². The number of anilines is 1. The van der Waals surface area contributed by atoms with Crippen LogP contribution in [-0.4, -0.2) is 5.16 Å². The van der Waals surface area contributed by atoms with E-state index in [1.165, 1.54) is 0 Å². The van der Waals surface area contributed by atoms with Gasteiger partial charge in [-0.3, -0.25) is 0 Å². The smallest absolute Gasteiger partial charge is 0.178 e. The third-order valence-electron chi connectivity index (χ3n) is 3.04. The summed E-state index contributed by atoms with van der Waals surface area (Å²) in [5.74, 6) is 0.837. The van der Waals surface area contributed by atoms with Crippen molar-refractivity contribution < 1.29 is 4.52 Å². The van der Waals surface area contributed by atoms with Crippen molar-refractivity contribution in [3.05, 3.63) is 57.0 Å². The highest BCUT2D eigenvalue weighted by Gasteiger charge is 2.21. The van der Waals surface area contributed by atoms with Gasteiger partial charge < -0.3 is 10.3 Å². The van der Waals surface area contributed by atoms with Crippen LogP contribution in [0.1, 0.15) is 0 Å². The zero-order valence-corrected chi connectivity index (χ0v) is 13.7. The van der Waals surface area contributed by atoms with Gasteiger partial charge in [-0.2, -0.15) is 0 Å². The molecular weight excluding hydrogens is 375 g/mol. The number of hydrogen-bond donors (Lipinski definition) is 1. The largest absolute Gasteiger partial charge is 0.380 e. The highest BCUT2D eigenvalue weighted by Crippen LogP contribution is 2.42. The van der Waals surface area contributed by atoms with Crippen molar-refractivity contribution >= 4 is 44.9 Å². The molecule has 0 fully saturated rings. The molecule has 0 unspecified atom stereocenters. The SMILES string of the molecule is Nc1noc(-c2ccc(Cl)cc2Br)c1-c1ccccc1Cl. The first kappa shape index (κ1) is 14.4. The van der Waals surface area contributed by atoms with Crippen molar-refractivity contribution in [1.29, 1.82) is 0 Å². The molecule has 1 aromatic heterocycles. The summed E-state index contributed by atoms with van der Waals surface area (Å²) in [5, 5.41) is 5.07. The average molecular weight is 384 g/mol. The van der Waals surface area contributed by atoms with E-state index in [2.05, 4.69) is 21.1 Å². The minimum absolute atomic E-state index is 0.292. The summed E-state index contributed by atoms with van der Waals surface area (Å²) >= 11 is 15.7. The van der Waals surface area contributed by atoms with Crippen LogP contribution in [0.15, 0.2) is 51.5 Å². The molecule has 2 aromatic carbocycles. The van der Waals surface area contributed by atoms with Crippen molar-refractivity contribution in [3.63, 3.8) is 0 Å². The van der Waals surface area contributed by atoms with Gasteiger partial charge in [0, 0.05) is 25.6 Å². The van der Waals surface area contributed by atoms with Gasteiger partial charge in [0.25, 0.3) is 0 Å². The van der Waals surface area contributed by atoms with E-state index in [1.54, 1.807) is 18.2 Å². The van der Waals surface area contributed by atoms with Crippen LogP contribution >= 0.6 is 39.1 Å². The Bertz CT molecular complexity index is 817. The monoisotopic (exact) mass is 382 g/mol. The third-order valence-corrected chi connectivity index (χ3v) is 4.26. The molecule has 0 spiro atoms. The van der Waals surface area contributed by atoms with E-state index in [1.807, 2.05) is 24.3 Å². The van der Waals surface area contributed by atoms with Crippen LogP contribution < -0.4 is 5.73 Å². The van der Waals surface area contributed by atoms with Crippen LogP contribution in [0, 0.1) is 0 Å². The topological polar surface area (TPSA) is 52.0 Å². The number of nitrogens with zero attached hydrogens (tertiary/aromatic N) is 1. The molecule has 0 amide bonds. The second-order valence-corrected chi connectivity index (χ2v) is 6.07. The number of nitrogen functional groups attached to an aromatic ring is 1. The van der Waals surface area contributed by atoms with Gasteiger partial charge in [-0.15, -0.1) is 0 Å². The van der Waals surface area contributed by atoms with Crippen molar-refractivity contribution in [2.45, 2.75) is 0 Å². The fraction of sp³-hybridized carbons (Fsp3) is 0. The molecule has 21 heavy (non-hydrogen) atoms. The van der Waals surface area contributed by atoms with E-state index in [4.69, 9.17) is 33.5 Å². The first-order chi connectivity index (χ1) is 10.1. The van der Waals surface area contributed by atoms with Crippen LogP contribution in [-0.2, 0) is 0 Å². The van der Waals surface area contributed by atoms with Crippen molar-refractivity contribution in [2.75, 3.05) is 5.73 Å². The zero-order valence-electron chi connectivity index (χ0n) is 10.6. The standard InChI is InChI=1S/C15H9BrCl2N2O/c16-11-7-8(17)5-6-9(11)14-13(15(19)20-21-14)10-3-1-2-4-12(10)18/h1-7H,(H2,19,20). The minimum atomic E-state index is 0.292. The Balaban J connectivity index is 2.25. The lowest BCUT2D eigenvalue weighted by Crippen LogP contribution is -1.90. The lowest BCUT2D eigenvalue weighted by Gasteiger charge is -2.06. The third kappa shape index (κ3) is 2.67. The molecule has 0 aliphatic rings. The van der Waals surface area contributed by atoms with Crippen LogP contribution in [0.4, 0.5) is 5.82 Å². The number of nitrogens with two attached hydrogens (primary N) is 1. The quantitative estimate of drug-likeness (QED) is 0.621. The normalized spacial score (nSPS) is 10.8. The van der Waals surface area contributed by atoms with Crippen LogP contribution in [0.3, 0.4) is 0 Å². The van der Waals surface area contributed by atoms with Crippen LogP contribution in [0.25, 0.3) is 22.5 Å². The van der Waals surface area contributed by atoms with Crippen molar-refractivity contribution in [2.24, 2.45) is 0 Å². The highest BCUT2D eigenvalue weighted by molar-refractivity contribution is 9.10. The Morgan fingerprint density at radius 1 is 1.05 bits per heavy atom. The van der Waals surface area contributed by atoms with Gasteiger partial charge in [0.1, 0.15) is 0 Å². The predicted octanol–water partition coefficient (Wildman–Crippen LogP) is 5.66. The van der Waals surface area contributed by atoms with E-state index < -0.39 is 0 Å². The van der Waals surface area contributed by atoms with Gasteiger partial charge in [-0.05, 0) is 40.2 Å². The van der Waals surface area contributed by atoms with E-state index in [0.29, 0.717) is 27.2 Å². The van der Waals surface area contributed by atoms with Crippen molar-refractivity contribution in [3.8, 4) is 22.5 Å². The lowest BCUT2D eigenvalue weighted by atomic mass is 10.0. The second-order valence-electron chi connectivity index (χ2n) is 4.38. The van der Waals surface area contributed by atoms with Gasteiger partial charge in [-0.1, -0.05) is 46.6 Å². The molecule has 3 aromatic rings. The number of aromatic nitrogens is 1. The number of benzene rings is 2. The molecule has 0 radical (unpaired) electrons. The van der Waals surface area contributed by atoms with E-state index >= 15 is 0 Å². The van der Waals surface area contributed by atoms with E-state index in [0.717, 1.165) is 15.6 Å². The summed E-state index contributed by atoms with van der Waals surface area (Å²) in [6, 6.07) is 12.8. The highest BCUT2D eigenvalue weighted by atomic mass is 79.9. The van der Waals surface area contributed by atoms with Gasteiger partial charge in [0.2, 0.25) is 0 Å². The molecule has 0 aliphatic heterocycles. The van der Waals surface area contributed by atoms with E-state index in [9.17, 15) is 0 Å². The minimum Gasteiger partial charge on any atom is -0.380 e. The maximum Gasteiger partial charge on any atom is 0.178 e. The first-order valence-corrected chi connectivity index (χ1v) is 7.58.